The van der Waals surface area contributed by atoms with Gasteiger partial charge >= 0.3 is 0 Å². The highest BCUT2D eigenvalue weighted by Crippen LogP contribution is 2.32. The number of hydrogen-bond donors (Lipinski definition) is 1. The van der Waals surface area contributed by atoms with Gasteiger partial charge in [0.15, 0.2) is 0 Å². The van der Waals surface area contributed by atoms with E-state index in [9.17, 15) is 0 Å². The summed E-state index contributed by atoms with van der Waals surface area (Å²) < 4.78 is 5.30. The molecule has 0 aliphatic rings. The molecular weight excluding hydrogens is 317 g/mol. The first kappa shape index (κ1) is 15.5. The lowest BCUT2D eigenvalue weighted by Crippen LogP contribution is -2.13. The Morgan fingerprint density at radius 2 is 1.65 bits per heavy atom. The van der Waals surface area contributed by atoms with Gasteiger partial charge in [0.05, 0.1) is 12.1 Å². The highest BCUT2D eigenvalue weighted by atomic mass is 35.5. The van der Waals surface area contributed by atoms with Gasteiger partial charge < -0.3 is 10.1 Å². The standard InChI is InChI=1S/C15H14Cl3NO/c1-20-15-11(6-12(16)7-14(15)18)9-19-8-10-4-2-3-5-13(10)17/h2-7,19H,8-9H2,1H3. The molecule has 0 bridgehead atoms. The summed E-state index contributed by atoms with van der Waals surface area (Å²) >= 11 is 18.2. The summed E-state index contributed by atoms with van der Waals surface area (Å²) in [5.74, 6) is 0.641. The lowest BCUT2D eigenvalue weighted by molar-refractivity contribution is 0.408. The van der Waals surface area contributed by atoms with Crippen LogP contribution < -0.4 is 10.1 Å². The molecule has 0 aromatic heterocycles. The van der Waals surface area contributed by atoms with E-state index in [-0.39, 0.29) is 0 Å². The quantitative estimate of drug-likeness (QED) is 0.838. The fourth-order valence-corrected chi connectivity index (χ4v) is 2.76. The molecule has 0 aliphatic heterocycles. The van der Waals surface area contributed by atoms with Gasteiger partial charge in [-0.2, -0.15) is 0 Å². The van der Waals surface area contributed by atoms with Crippen molar-refractivity contribution < 1.29 is 4.74 Å². The summed E-state index contributed by atoms with van der Waals surface area (Å²) in [7, 11) is 1.59. The number of nitrogens with one attached hydrogen (secondary N) is 1. The molecule has 0 saturated carbocycles. The number of methoxy groups -OCH3 is 1. The smallest absolute Gasteiger partial charge is 0.142 e. The molecule has 0 atom stereocenters. The van der Waals surface area contributed by atoms with Crippen LogP contribution in [-0.4, -0.2) is 7.11 Å². The van der Waals surface area contributed by atoms with Gasteiger partial charge in [-0.15, -0.1) is 0 Å². The van der Waals surface area contributed by atoms with E-state index in [1.54, 1.807) is 13.2 Å². The van der Waals surface area contributed by atoms with Gasteiger partial charge in [0.1, 0.15) is 5.75 Å². The van der Waals surface area contributed by atoms with Gasteiger partial charge in [-0.05, 0) is 23.8 Å². The second-order valence-electron chi connectivity index (χ2n) is 4.27. The van der Waals surface area contributed by atoms with Crippen molar-refractivity contribution in [3.63, 3.8) is 0 Å². The minimum atomic E-state index is 0.509. The summed E-state index contributed by atoms with van der Waals surface area (Å²) in [5, 5.41) is 5.15. The molecule has 2 aromatic rings. The number of ether oxygens (including phenoxy) is 1. The fourth-order valence-electron chi connectivity index (χ4n) is 1.95. The Kier molecular flexibility index (Phi) is 5.55. The Hall–Kier alpha value is -0.930. The van der Waals surface area contributed by atoms with Crippen LogP contribution in [-0.2, 0) is 13.1 Å². The van der Waals surface area contributed by atoms with Gasteiger partial charge in [0.25, 0.3) is 0 Å². The van der Waals surface area contributed by atoms with Crippen molar-refractivity contribution in [3.8, 4) is 5.75 Å². The van der Waals surface area contributed by atoms with Crippen molar-refractivity contribution in [1.29, 1.82) is 0 Å². The van der Waals surface area contributed by atoms with E-state index in [1.807, 2.05) is 30.3 Å². The average Bonchev–Trinajstić information content (AvgIpc) is 2.40. The van der Waals surface area contributed by atoms with Gasteiger partial charge in [0, 0.05) is 28.7 Å². The first-order valence-electron chi connectivity index (χ1n) is 6.08. The highest BCUT2D eigenvalue weighted by Gasteiger charge is 2.09. The number of halogens is 3. The SMILES string of the molecule is COc1c(Cl)cc(Cl)cc1CNCc1ccccc1Cl. The van der Waals surface area contributed by atoms with Crippen LogP contribution >= 0.6 is 34.8 Å². The van der Waals surface area contributed by atoms with Crippen LogP contribution in [0.2, 0.25) is 15.1 Å². The maximum Gasteiger partial charge on any atom is 0.142 e. The van der Waals surface area contributed by atoms with Gasteiger partial charge in [-0.1, -0.05) is 53.0 Å². The fraction of sp³-hybridized carbons (Fsp3) is 0.200. The average molecular weight is 331 g/mol. The molecule has 2 nitrogen and oxygen atoms in total. The third-order valence-electron chi connectivity index (χ3n) is 2.88. The molecule has 0 fully saturated rings. The number of hydrogen-bond acceptors (Lipinski definition) is 2. The molecule has 0 saturated heterocycles. The van der Waals surface area contributed by atoms with Crippen LogP contribution in [0.4, 0.5) is 0 Å². The van der Waals surface area contributed by atoms with Crippen molar-refractivity contribution >= 4 is 34.8 Å². The van der Waals surface area contributed by atoms with Crippen molar-refractivity contribution in [1.82, 2.24) is 5.32 Å². The van der Waals surface area contributed by atoms with E-state index >= 15 is 0 Å². The highest BCUT2D eigenvalue weighted by molar-refractivity contribution is 6.35. The summed E-state index contributed by atoms with van der Waals surface area (Å²) in [6.07, 6.45) is 0. The molecule has 0 amide bonds. The molecule has 5 heteroatoms. The molecule has 0 heterocycles. The van der Waals surface area contributed by atoms with Gasteiger partial charge in [0.2, 0.25) is 0 Å². The van der Waals surface area contributed by atoms with Crippen LogP contribution in [0.1, 0.15) is 11.1 Å². The number of rotatable bonds is 5. The molecule has 106 valence electrons. The summed E-state index contributed by atoms with van der Waals surface area (Å²) in [6, 6.07) is 11.2. The largest absolute Gasteiger partial charge is 0.495 e. The minimum absolute atomic E-state index is 0.509. The lowest BCUT2D eigenvalue weighted by Gasteiger charge is -2.12. The number of benzene rings is 2. The molecule has 0 unspecified atom stereocenters. The second kappa shape index (κ2) is 7.19. The molecule has 20 heavy (non-hydrogen) atoms. The Bertz CT molecular complexity index is 602. The zero-order valence-corrected chi connectivity index (χ0v) is 13.2. The predicted molar refractivity (Wildman–Crippen MR) is 85.0 cm³/mol. The van der Waals surface area contributed by atoms with E-state index in [2.05, 4.69) is 5.32 Å². The zero-order chi connectivity index (χ0) is 14.5. The monoisotopic (exact) mass is 329 g/mol. The first-order valence-corrected chi connectivity index (χ1v) is 7.21. The van der Waals surface area contributed by atoms with Crippen molar-refractivity contribution in [2.75, 3.05) is 7.11 Å². The third kappa shape index (κ3) is 3.80. The van der Waals surface area contributed by atoms with Crippen molar-refractivity contribution in [3.05, 3.63) is 62.6 Å². The molecule has 1 N–H and O–H groups in total. The van der Waals surface area contributed by atoms with Crippen molar-refractivity contribution in [2.24, 2.45) is 0 Å². The summed E-state index contributed by atoms with van der Waals surface area (Å²) in [4.78, 5) is 0. The van der Waals surface area contributed by atoms with Crippen LogP contribution in [0.25, 0.3) is 0 Å². The third-order valence-corrected chi connectivity index (χ3v) is 3.75. The maximum absolute atomic E-state index is 6.11. The normalized spacial score (nSPS) is 10.6. The van der Waals surface area contributed by atoms with E-state index in [1.165, 1.54) is 0 Å². The lowest BCUT2D eigenvalue weighted by atomic mass is 10.2. The Labute approximate surface area is 133 Å². The summed E-state index contributed by atoms with van der Waals surface area (Å²) in [6.45, 7) is 1.25. The Balaban J connectivity index is 2.06. The topological polar surface area (TPSA) is 21.3 Å². The first-order chi connectivity index (χ1) is 9.61. The van der Waals surface area contributed by atoms with E-state index in [4.69, 9.17) is 39.5 Å². The van der Waals surface area contributed by atoms with Gasteiger partial charge in [-0.3, -0.25) is 0 Å². The van der Waals surface area contributed by atoms with Crippen molar-refractivity contribution in [2.45, 2.75) is 13.1 Å². The second-order valence-corrected chi connectivity index (χ2v) is 5.53. The maximum atomic E-state index is 6.11. The van der Waals surface area contributed by atoms with E-state index in [0.29, 0.717) is 28.9 Å². The van der Waals surface area contributed by atoms with Gasteiger partial charge in [-0.25, -0.2) is 0 Å². The zero-order valence-electron chi connectivity index (χ0n) is 10.9. The van der Waals surface area contributed by atoms with E-state index < -0.39 is 0 Å². The molecule has 2 rings (SSSR count). The van der Waals surface area contributed by atoms with Crippen LogP contribution in [0, 0.1) is 0 Å². The van der Waals surface area contributed by atoms with Crippen LogP contribution in [0.3, 0.4) is 0 Å². The molecular formula is C15H14Cl3NO. The minimum Gasteiger partial charge on any atom is -0.495 e. The van der Waals surface area contributed by atoms with E-state index in [0.717, 1.165) is 16.1 Å². The molecule has 0 aliphatic carbocycles. The predicted octanol–water partition coefficient (Wildman–Crippen LogP) is 4.95. The Morgan fingerprint density at radius 1 is 0.950 bits per heavy atom. The molecule has 2 aromatic carbocycles. The molecule has 0 spiro atoms. The van der Waals surface area contributed by atoms with Crippen LogP contribution in [0.15, 0.2) is 36.4 Å². The Morgan fingerprint density at radius 3 is 2.35 bits per heavy atom. The van der Waals surface area contributed by atoms with Crippen LogP contribution in [0.5, 0.6) is 5.75 Å². The summed E-state index contributed by atoms with van der Waals surface area (Å²) in [5.41, 5.74) is 1.96. The molecule has 0 radical (unpaired) electrons.